The maximum absolute atomic E-state index is 13.1. The minimum absolute atomic E-state index is 0.301. The molecule has 0 spiro atoms. The van der Waals surface area contributed by atoms with Crippen LogP contribution in [-0.4, -0.2) is 13.0 Å². The summed E-state index contributed by atoms with van der Waals surface area (Å²) < 4.78 is 30.7. The van der Waals surface area contributed by atoms with Crippen molar-refractivity contribution >= 4 is 17.7 Å². The number of alkyl halides is 1. The highest BCUT2D eigenvalue weighted by Crippen LogP contribution is 2.23. The molecule has 1 aromatic carbocycles. The second-order valence-corrected chi connectivity index (χ2v) is 2.88. The Morgan fingerprint density at radius 2 is 1.93 bits per heavy atom. The monoisotopic (exact) mass is 218 g/mol. The summed E-state index contributed by atoms with van der Waals surface area (Å²) in [4.78, 5) is 0. The summed E-state index contributed by atoms with van der Waals surface area (Å²) in [5.74, 6) is -1.51. The molecule has 0 aromatic heterocycles. The van der Waals surface area contributed by atoms with E-state index in [0.29, 0.717) is 11.4 Å². The van der Waals surface area contributed by atoms with E-state index in [1.54, 1.807) is 12.2 Å². The van der Waals surface area contributed by atoms with Crippen LogP contribution in [0, 0.1) is 11.6 Å². The maximum atomic E-state index is 13.1. The van der Waals surface area contributed by atoms with E-state index in [9.17, 15) is 8.78 Å². The van der Waals surface area contributed by atoms with Gasteiger partial charge >= 0.3 is 0 Å². The van der Waals surface area contributed by atoms with E-state index in [-0.39, 0.29) is 5.75 Å². The zero-order valence-corrected chi connectivity index (χ0v) is 8.31. The predicted octanol–water partition coefficient (Wildman–Crippen LogP) is 3.23. The average molecular weight is 219 g/mol. The van der Waals surface area contributed by atoms with Gasteiger partial charge in [0.1, 0.15) is 0 Å². The molecule has 76 valence electrons. The Kier molecular flexibility index (Phi) is 3.89. The van der Waals surface area contributed by atoms with Crippen LogP contribution in [0.1, 0.15) is 5.56 Å². The fourth-order valence-electron chi connectivity index (χ4n) is 1.05. The van der Waals surface area contributed by atoms with Crippen LogP contribution in [0.2, 0.25) is 0 Å². The van der Waals surface area contributed by atoms with E-state index in [0.717, 1.165) is 0 Å². The molecule has 14 heavy (non-hydrogen) atoms. The summed E-state index contributed by atoms with van der Waals surface area (Å²) >= 11 is 5.39. The zero-order valence-electron chi connectivity index (χ0n) is 7.56. The molecule has 0 aliphatic rings. The van der Waals surface area contributed by atoms with Crippen molar-refractivity contribution in [3.8, 4) is 5.75 Å². The molecular weight excluding hydrogens is 210 g/mol. The van der Waals surface area contributed by atoms with Gasteiger partial charge in [0.25, 0.3) is 0 Å². The van der Waals surface area contributed by atoms with E-state index in [1.165, 1.54) is 19.2 Å². The van der Waals surface area contributed by atoms with Crippen molar-refractivity contribution in [2.75, 3.05) is 13.0 Å². The minimum atomic E-state index is -0.721. The van der Waals surface area contributed by atoms with E-state index >= 15 is 0 Å². The number of ether oxygens (including phenoxy) is 1. The number of allylic oxidation sites excluding steroid dienone is 1. The van der Waals surface area contributed by atoms with Crippen molar-refractivity contribution < 1.29 is 13.5 Å². The topological polar surface area (TPSA) is 9.23 Å². The van der Waals surface area contributed by atoms with Crippen LogP contribution in [0.5, 0.6) is 5.75 Å². The number of rotatable bonds is 3. The molecule has 0 N–H and O–H groups in total. The fraction of sp³-hybridized carbons (Fsp3) is 0.200. The smallest absolute Gasteiger partial charge is 0.190 e. The van der Waals surface area contributed by atoms with Gasteiger partial charge in [-0.05, 0) is 17.7 Å². The third-order valence-corrected chi connectivity index (χ3v) is 1.80. The molecule has 0 amide bonds. The van der Waals surface area contributed by atoms with Gasteiger partial charge < -0.3 is 4.74 Å². The van der Waals surface area contributed by atoms with Crippen LogP contribution in [0.4, 0.5) is 8.78 Å². The molecular formula is C10H9ClF2O. The number of methoxy groups -OCH3 is 1. The van der Waals surface area contributed by atoms with Crippen LogP contribution in [0.15, 0.2) is 18.2 Å². The molecule has 0 unspecified atom stereocenters. The summed E-state index contributed by atoms with van der Waals surface area (Å²) in [6, 6.07) is 2.37. The third-order valence-electron chi connectivity index (χ3n) is 1.62. The predicted molar refractivity (Wildman–Crippen MR) is 52.7 cm³/mol. The van der Waals surface area contributed by atoms with Crippen LogP contribution in [-0.2, 0) is 0 Å². The fourth-order valence-corrected chi connectivity index (χ4v) is 1.14. The Bertz CT molecular complexity index is 327. The normalized spacial score (nSPS) is 10.9. The zero-order chi connectivity index (χ0) is 10.6. The van der Waals surface area contributed by atoms with E-state index in [2.05, 4.69) is 4.74 Å². The lowest BCUT2D eigenvalue weighted by Crippen LogP contribution is -1.93. The second kappa shape index (κ2) is 4.96. The van der Waals surface area contributed by atoms with Gasteiger partial charge in [-0.15, -0.1) is 11.6 Å². The molecule has 0 heterocycles. The molecule has 1 rings (SSSR count). The maximum Gasteiger partial charge on any atom is 0.190 e. The SMILES string of the molecule is COc1c(F)cc(C=CCCl)cc1F. The van der Waals surface area contributed by atoms with Gasteiger partial charge in [0.05, 0.1) is 7.11 Å². The number of hydrogen-bond donors (Lipinski definition) is 0. The van der Waals surface area contributed by atoms with Crippen molar-refractivity contribution in [2.24, 2.45) is 0 Å². The number of hydrogen-bond acceptors (Lipinski definition) is 1. The number of halogens is 3. The summed E-state index contributed by atoms with van der Waals surface area (Å²) in [7, 11) is 1.22. The van der Waals surface area contributed by atoms with Crippen LogP contribution >= 0.6 is 11.6 Å². The van der Waals surface area contributed by atoms with Crippen molar-refractivity contribution in [1.82, 2.24) is 0 Å². The highest BCUT2D eigenvalue weighted by molar-refractivity contribution is 6.19. The van der Waals surface area contributed by atoms with Gasteiger partial charge in [-0.2, -0.15) is 0 Å². The first-order valence-electron chi connectivity index (χ1n) is 3.94. The summed E-state index contributed by atoms with van der Waals surface area (Å²) in [6.45, 7) is 0. The minimum Gasteiger partial charge on any atom is -0.491 e. The lowest BCUT2D eigenvalue weighted by atomic mass is 10.2. The van der Waals surface area contributed by atoms with E-state index in [4.69, 9.17) is 11.6 Å². The molecule has 0 aliphatic carbocycles. The average Bonchev–Trinajstić information content (AvgIpc) is 2.14. The number of benzene rings is 1. The van der Waals surface area contributed by atoms with Gasteiger partial charge in [-0.1, -0.05) is 12.2 Å². The quantitative estimate of drug-likeness (QED) is 0.708. The molecule has 0 saturated carbocycles. The summed E-state index contributed by atoms with van der Waals surface area (Å²) in [5.41, 5.74) is 0.418. The molecule has 0 atom stereocenters. The molecule has 0 fully saturated rings. The Morgan fingerprint density at radius 3 is 2.36 bits per heavy atom. The molecule has 0 aliphatic heterocycles. The molecule has 0 radical (unpaired) electrons. The lowest BCUT2D eigenvalue weighted by molar-refractivity contribution is 0.360. The van der Waals surface area contributed by atoms with Gasteiger partial charge in [0, 0.05) is 5.88 Å². The third kappa shape index (κ3) is 2.45. The van der Waals surface area contributed by atoms with Crippen molar-refractivity contribution in [3.05, 3.63) is 35.4 Å². The first-order chi connectivity index (χ1) is 6.69. The molecule has 1 aromatic rings. The first-order valence-corrected chi connectivity index (χ1v) is 4.48. The molecule has 0 saturated heterocycles. The largest absolute Gasteiger partial charge is 0.491 e. The lowest BCUT2D eigenvalue weighted by Gasteiger charge is -2.03. The van der Waals surface area contributed by atoms with E-state index < -0.39 is 11.6 Å². The summed E-state index contributed by atoms with van der Waals surface area (Å²) in [6.07, 6.45) is 3.14. The molecule has 0 bridgehead atoms. The Labute approximate surface area is 85.9 Å². The second-order valence-electron chi connectivity index (χ2n) is 2.57. The van der Waals surface area contributed by atoms with Crippen molar-refractivity contribution in [3.63, 3.8) is 0 Å². The van der Waals surface area contributed by atoms with Gasteiger partial charge in [0.2, 0.25) is 0 Å². The van der Waals surface area contributed by atoms with Gasteiger partial charge in [-0.25, -0.2) is 8.78 Å². The highest BCUT2D eigenvalue weighted by Gasteiger charge is 2.09. The van der Waals surface area contributed by atoms with Gasteiger partial charge in [-0.3, -0.25) is 0 Å². The Morgan fingerprint density at radius 1 is 1.36 bits per heavy atom. The van der Waals surface area contributed by atoms with Crippen LogP contribution < -0.4 is 4.74 Å². The highest BCUT2D eigenvalue weighted by atomic mass is 35.5. The van der Waals surface area contributed by atoms with Crippen LogP contribution in [0.25, 0.3) is 6.08 Å². The van der Waals surface area contributed by atoms with Crippen molar-refractivity contribution in [1.29, 1.82) is 0 Å². The Hall–Kier alpha value is -1.09. The summed E-state index contributed by atoms with van der Waals surface area (Å²) in [5, 5.41) is 0. The standard InChI is InChI=1S/C10H9ClF2O/c1-14-10-8(12)5-7(3-2-4-11)6-9(10)13/h2-3,5-6H,4H2,1H3. The van der Waals surface area contributed by atoms with Crippen molar-refractivity contribution in [2.45, 2.75) is 0 Å². The van der Waals surface area contributed by atoms with Gasteiger partial charge in [0.15, 0.2) is 17.4 Å². The molecule has 4 heteroatoms. The molecule has 1 nitrogen and oxygen atoms in total. The first kappa shape index (κ1) is 11.0. The Balaban J connectivity index is 3.07. The van der Waals surface area contributed by atoms with E-state index in [1.807, 2.05) is 0 Å². The van der Waals surface area contributed by atoms with Crippen LogP contribution in [0.3, 0.4) is 0 Å².